The Hall–Kier alpha value is -1.63. The van der Waals surface area contributed by atoms with Gasteiger partial charge in [-0.2, -0.15) is 0 Å². The molecule has 5 nitrogen and oxygen atoms in total. The maximum atomic E-state index is 12.5. The normalized spacial score (nSPS) is 23.6. The summed E-state index contributed by atoms with van der Waals surface area (Å²) in [6.45, 7) is 2.04. The fourth-order valence-electron chi connectivity index (χ4n) is 4.24. The number of methoxy groups -OCH3 is 1. The van der Waals surface area contributed by atoms with E-state index in [1.807, 2.05) is 31.2 Å². The second-order valence-electron chi connectivity index (χ2n) is 7.38. The molecule has 0 spiro atoms. The molecule has 1 aromatic heterocycles. The smallest absolute Gasteiger partial charge is 0.226 e. The third-order valence-electron chi connectivity index (χ3n) is 5.45. The van der Waals surface area contributed by atoms with Gasteiger partial charge < -0.3 is 15.4 Å². The summed E-state index contributed by atoms with van der Waals surface area (Å²) in [4.78, 5) is 18.2. The van der Waals surface area contributed by atoms with Gasteiger partial charge >= 0.3 is 0 Å². The minimum atomic E-state index is 0. The fraction of sp³-hybridized carbons (Fsp3) is 0.500. The van der Waals surface area contributed by atoms with Crippen molar-refractivity contribution in [1.82, 2.24) is 10.3 Å². The molecule has 7 heteroatoms. The molecule has 2 aliphatic rings. The lowest BCUT2D eigenvalue weighted by atomic mass is 9.89. The lowest BCUT2D eigenvalue weighted by Gasteiger charge is -2.28. The van der Waals surface area contributed by atoms with E-state index in [4.69, 9.17) is 4.74 Å². The van der Waals surface area contributed by atoms with E-state index in [1.165, 1.54) is 24.2 Å². The summed E-state index contributed by atoms with van der Waals surface area (Å²) in [5.74, 6) is 1.41. The van der Waals surface area contributed by atoms with Gasteiger partial charge in [-0.1, -0.05) is 0 Å². The number of rotatable bonds is 5. The number of benzene rings is 1. The van der Waals surface area contributed by atoms with Crippen molar-refractivity contribution in [2.24, 2.45) is 5.92 Å². The van der Waals surface area contributed by atoms with Crippen LogP contribution in [-0.4, -0.2) is 30.1 Å². The molecular weight excluding hydrogens is 382 g/mol. The Balaban J connectivity index is 0.00000210. The van der Waals surface area contributed by atoms with Crippen LogP contribution in [0.4, 0.5) is 5.13 Å². The van der Waals surface area contributed by atoms with Crippen molar-refractivity contribution in [2.75, 3.05) is 12.4 Å². The highest BCUT2D eigenvalue weighted by Gasteiger charge is 2.34. The Kier molecular flexibility index (Phi) is 6.40. The van der Waals surface area contributed by atoms with Crippen LogP contribution in [0.5, 0.6) is 5.75 Å². The first-order valence-corrected chi connectivity index (χ1v) is 10.1. The molecule has 3 heterocycles. The van der Waals surface area contributed by atoms with Crippen LogP contribution in [0.15, 0.2) is 24.3 Å². The molecule has 2 aliphatic heterocycles. The Morgan fingerprint density at radius 3 is 2.56 bits per heavy atom. The van der Waals surface area contributed by atoms with Crippen molar-refractivity contribution >= 4 is 34.8 Å². The SMILES string of the molecule is COc1ccc(-c2nc(NC(=O)CC3CC4CCC(C3)N4)sc2C)cc1.Cl. The highest BCUT2D eigenvalue weighted by molar-refractivity contribution is 7.16. The van der Waals surface area contributed by atoms with Crippen molar-refractivity contribution in [3.8, 4) is 17.0 Å². The van der Waals surface area contributed by atoms with Gasteiger partial charge in [-0.15, -0.1) is 23.7 Å². The molecule has 4 rings (SSSR count). The predicted molar refractivity (Wildman–Crippen MR) is 112 cm³/mol. The Morgan fingerprint density at radius 2 is 1.93 bits per heavy atom. The number of piperidine rings is 1. The number of carbonyl (C=O) groups is 1. The minimum absolute atomic E-state index is 0. The van der Waals surface area contributed by atoms with Gasteiger partial charge in [0.05, 0.1) is 12.8 Å². The number of fused-ring (bicyclic) bond motifs is 2. The summed E-state index contributed by atoms with van der Waals surface area (Å²) >= 11 is 1.54. The highest BCUT2D eigenvalue weighted by atomic mass is 35.5. The van der Waals surface area contributed by atoms with E-state index >= 15 is 0 Å². The fourth-order valence-corrected chi connectivity index (χ4v) is 5.09. The molecule has 2 fully saturated rings. The zero-order valence-corrected chi connectivity index (χ0v) is 17.3. The summed E-state index contributed by atoms with van der Waals surface area (Å²) in [5.41, 5.74) is 1.96. The zero-order valence-electron chi connectivity index (χ0n) is 15.7. The second-order valence-corrected chi connectivity index (χ2v) is 8.58. The number of aromatic nitrogens is 1. The number of ether oxygens (including phenoxy) is 1. The van der Waals surface area contributed by atoms with Crippen molar-refractivity contribution in [3.63, 3.8) is 0 Å². The molecule has 146 valence electrons. The van der Waals surface area contributed by atoms with E-state index < -0.39 is 0 Å². The predicted octanol–water partition coefficient (Wildman–Crippen LogP) is 4.41. The average Bonchev–Trinajstić information content (AvgIpc) is 3.16. The molecule has 1 aromatic carbocycles. The van der Waals surface area contributed by atoms with E-state index in [0.29, 0.717) is 29.6 Å². The maximum Gasteiger partial charge on any atom is 0.226 e. The van der Waals surface area contributed by atoms with Crippen LogP contribution in [-0.2, 0) is 4.79 Å². The van der Waals surface area contributed by atoms with E-state index in [1.54, 1.807) is 7.11 Å². The number of hydrogen-bond acceptors (Lipinski definition) is 5. The van der Waals surface area contributed by atoms with Gasteiger partial charge in [0.15, 0.2) is 5.13 Å². The minimum Gasteiger partial charge on any atom is -0.497 e. The quantitative estimate of drug-likeness (QED) is 0.770. The molecular formula is C20H26ClN3O2S. The van der Waals surface area contributed by atoms with Crippen molar-refractivity contribution < 1.29 is 9.53 Å². The molecule has 2 atom stereocenters. The summed E-state index contributed by atoms with van der Waals surface area (Å²) in [5, 5.41) is 7.34. The van der Waals surface area contributed by atoms with Gasteiger partial charge in [0.2, 0.25) is 5.91 Å². The summed E-state index contributed by atoms with van der Waals surface area (Å²) < 4.78 is 5.21. The van der Waals surface area contributed by atoms with Gasteiger partial charge in [0, 0.05) is 28.9 Å². The van der Waals surface area contributed by atoms with Crippen LogP contribution in [0.2, 0.25) is 0 Å². The van der Waals surface area contributed by atoms with Crippen LogP contribution >= 0.6 is 23.7 Å². The molecule has 0 radical (unpaired) electrons. The number of hydrogen-bond donors (Lipinski definition) is 2. The third kappa shape index (κ3) is 4.62. The largest absolute Gasteiger partial charge is 0.497 e. The molecule has 2 saturated heterocycles. The molecule has 1 amide bonds. The molecule has 27 heavy (non-hydrogen) atoms. The monoisotopic (exact) mass is 407 g/mol. The van der Waals surface area contributed by atoms with Crippen molar-refractivity contribution in [2.45, 2.75) is 51.1 Å². The Labute approximate surface area is 170 Å². The summed E-state index contributed by atoms with van der Waals surface area (Å²) in [7, 11) is 1.66. The van der Waals surface area contributed by atoms with Crippen LogP contribution in [0, 0.1) is 12.8 Å². The number of anilines is 1. The van der Waals surface area contributed by atoms with Gasteiger partial charge in [-0.05, 0) is 62.8 Å². The third-order valence-corrected chi connectivity index (χ3v) is 6.34. The molecule has 2 N–H and O–H groups in total. The number of nitrogens with one attached hydrogen (secondary N) is 2. The van der Waals surface area contributed by atoms with Crippen LogP contribution in [0.3, 0.4) is 0 Å². The molecule has 0 saturated carbocycles. The Bertz CT molecular complexity index is 781. The first kappa shape index (κ1) is 20.1. The second kappa shape index (κ2) is 8.59. The Morgan fingerprint density at radius 1 is 1.26 bits per heavy atom. The highest BCUT2D eigenvalue weighted by Crippen LogP contribution is 2.34. The van der Waals surface area contributed by atoms with E-state index in [2.05, 4.69) is 15.6 Å². The van der Waals surface area contributed by atoms with Gasteiger partial charge in [0.25, 0.3) is 0 Å². The number of nitrogens with zero attached hydrogens (tertiary/aromatic N) is 1. The first-order chi connectivity index (χ1) is 12.6. The summed E-state index contributed by atoms with van der Waals surface area (Å²) in [6, 6.07) is 9.09. The van der Waals surface area contributed by atoms with Gasteiger partial charge in [-0.25, -0.2) is 4.98 Å². The number of halogens is 1. The first-order valence-electron chi connectivity index (χ1n) is 9.28. The lowest BCUT2D eigenvalue weighted by Crippen LogP contribution is -2.39. The van der Waals surface area contributed by atoms with Crippen molar-refractivity contribution in [1.29, 1.82) is 0 Å². The van der Waals surface area contributed by atoms with E-state index in [9.17, 15) is 4.79 Å². The number of carbonyl (C=O) groups excluding carboxylic acids is 1. The van der Waals surface area contributed by atoms with Crippen LogP contribution in [0.25, 0.3) is 11.3 Å². The van der Waals surface area contributed by atoms with Gasteiger partial charge in [0.1, 0.15) is 5.75 Å². The molecule has 0 aliphatic carbocycles. The van der Waals surface area contributed by atoms with Crippen molar-refractivity contribution in [3.05, 3.63) is 29.1 Å². The molecule has 2 bridgehead atoms. The maximum absolute atomic E-state index is 12.5. The van der Waals surface area contributed by atoms with E-state index in [-0.39, 0.29) is 18.3 Å². The topological polar surface area (TPSA) is 63.2 Å². The number of aryl methyl sites for hydroxylation is 1. The summed E-state index contributed by atoms with van der Waals surface area (Å²) in [6.07, 6.45) is 5.38. The molecule has 2 aromatic rings. The number of thiazole rings is 1. The standard InChI is InChI=1S/C20H25N3O2S.ClH/c1-12-19(14-3-7-17(25-2)8-4-14)23-20(26-12)22-18(24)11-13-9-15-5-6-16(10-13)21-15;/h3-4,7-8,13,15-16,21H,5-6,9-11H2,1-2H3,(H,22,23,24);1H. The zero-order chi connectivity index (χ0) is 18.1. The molecule has 2 unspecified atom stereocenters. The van der Waals surface area contributed by atoms with Crippen LogP contribution in [0.1, 0.15) is 37.0 Å². The number of amides is 1. The lowest BCUT2D eigenvalue weighted by molar-refractivity contribution is -0.117. The van der Waals surface area contributed by atoms with Gasteiger partial charge in [-0.3, -0.25) is 4.79 Å². The van der Waals surface area contributed by atoms with E-state index in [0.717, 1.165) is 34.7 Å². The van der Waals surface area contributed by atoms with Crippen LogP contribution < -0.4 is 15.4 Å². The average molecular weight is 408 g/mol.